The number of nitrogens with zero attached hydrogens (tertiary/aromatic N) is 3. The third kappa shape index (κ3) is 3.31. The van der Waals surface area contributed by atoms with Gasteiger partial charge < -0.3 is 10.2 Å². The van der Waals surface area contributed by atoms with Crippen molar-refractivity contribution in [2.75, 3.05) is 18.4 Å². The van der Waals surface area contributed by atoms with Crippen molar-refractivity contribution in [1.29, 1.82) is 0 Å². The van der Waals surface area contributed by atoms with Crippen LogP contribution in [0.1, 0.15) is 44.9 Å². The molecule has 2 amide bonds. The molecule has 0 radical (unpaired) electrons. The molecule has 2 bridgehead atoms. The van der Waals surface area contributed by atoms with E-state index >= 15 is 0 Å². The zero-order chi connectivity index (χ0) is 16.5. The number of likely N-dealkylation sites (tertiary alicyclic amines) is 1. The summed E-state index contributed by atoms with van der Waals surface area (Å²) in [6.07, 6.45) is 7.68. The van der Waals surface area contributed by atoms with E-state index in [9.17, 15) is 9.59 Å². The fourth-order valence-electron chi connectivity index (χ4n) is 4.83. The Morgan fingerprint density at radius 2 is 2.21 bits per heavy atom. The fraction of sp³-hybridized carbons (Fsp3) is 0.765. The van der Waals surface area contributed by atoms with Crippen LogP contribution in [-0.4, -0.2) is 40.0 Å². The van der Waals surface area contributed by atoms with E-state index in [-0.39, 0.29) is 17.7 Å². The zero-order valence-corrected chi connectivity index (χ0v) is 14.6. The minimum atomic E-state index is -0.133. The number of amides is 2. The molecule has 1 saturated heterocycles. The van der Waals surface area contributed by atoms with Crippen LogP contribution in [0.25, 0.3) is 0 Å². The van der Waals surface area contributed by atoms with Crippen molar-refractivity contribution in [1.82, 2.24) is 15.1 Å². The lowest BCUT2D eigenvalue weighted by atomic mass is 9.85. The molecule has 1 aliphatic heterocycles. The number of hydrogen-bond donors (Lipinski definition) is 1. The van der Waals surface area contributed by atoms with Gasteiger partial charge in [0.1, 0.15) is 5.51 Å². The smallest absolute Gasteiger partial charge is 0.231 e. The molecule has 1 aromatic rings. The Kier molecular flexibility index (Phi) is 4.52. The minimum Gasteiger partial charge on any atom is -0.342 e. The predicted octanol–water partition coefficient (Wildman–Crippen LogP) is 2.54. The summed E-state index contributed by atoms with van der Waals surface area (Å²) in [6.45, 7) is 1.34. The van der Waals surface area contributed by atoms with E-state index in [2.05, 4.69) is 15.5 Å². The molecule has 0 spiro atoms. The summed E-state index contributed by atoms with van der Waals surface area (Å²) in [5.41, 5.74) is 1.60. The molecular weight excluding hydrogens is 324 g/mol. The standard InChI is InChI=1S/C17H24N4O2S/c22-15(8-14-7-11-3-4-12(14)6-11)21-5-1-2-13(9-21)16(23)19-17-20-18-10-24-17/h10-14H,1-9H2,(H,19,20,23)/t11-,12-,13-,14+/m0/s1. The van der Waals surface area contributed by atoms with Crippen LogP contribution in [0, 0.1) is 23.7 Å². The monoisotopic (exact) mass is 348 g/mol. The highest BCUT2D eigenvalue weighted by atomic mass is 32.1. The van der Waals surface area contributed by atoms with Gasteiger partial charge in [0, 0.05) is 19.5 Å². The molecule has 1 N–H and O–H groups in total. The maximum atomic E-state index is 12.7. The third-order valence-corrected chi connectivity index (χ3v) is 6.66. The van der Waals surface area contributed by atoms with Crippen LogP contribution in [0.3, 0.4) is 0 Å². The van der Waals surface area contributed by atoms with Crippen molar-refractivity contribution >= 4 is 28.3 Å². The van der Waals surface area contributed by atoms with Crippen molar-refractivity contribution in [2.24, 2.45) is 23.7 Å². The van der Waals surface area contributed by atoms with Gasteiger partial charge in [0.05, 0.1) is 5.92 Å². The summed E-state index contributed by atoms with van der Waals surface area (Å²) in [5.74, 6) is 2.32. The largest absolute Gasteiger partial charge is 0.342 e. The molecule has 130 valence electrons. The second-order valence-corrected chi connectivity index (χ2v) is 8.38. The van der Waals surface area contributed by atoms with Crippen molar-refractivity contribution in [3.05, 3.63) is 5.51 Å². The topological polar surface area (TPSA) is 75.2 Å². The molecule has 3 fully saturated rings. The summed E-state index contributed by atoms with van der Waals surface area (Å²) < 4.78 is 0. The van der Waals surface area contributed by atoms with Crippen LogP contribution in [0.5, 0.6) is 0 Å². The number of aromatic nitrogens is 2. The average Bonchev–Trinajstić information content (AvgIpc) is 3.33. The highest BCUT2D eigenvalue weighted by molar-refractivity contribution is 7.13. The van der Waals surface area contributed by atoms with Crippen LogP contribution in [0.15, 0.2) is 5.51 Å². The van der Waals surface area contributed by atoms with Gasteiger partial charge in [-0.15, -0.1) is 10.2 Å². The Morgan fingerprint density at radius 3 is 2.92 bits per heavy atom. The minimum absolute atomic E-state index is 0.0378. The molecule has 2 saturated carbocycles. The van der Waals surface area contributed by atoms with E-state index in [0.717, 1.165) is 31.2 Å². The molecule has 0 unspecified atom stereocenters. The van der Waals surface area contributed by atoms with Crippen LogP contribution < -0.4 is 5.32 Å². The molecule has 2 aliphatic carbocycles. The highest BCUT2D eigenvalue weighted by Crippen LogP contribution is 2.49. The van der Waals surface area contributed by atoms with Crippen molar-refractivity contribution in [2.45, 2.75) is 44.9 Å². The van der Waals surface area contributed by atoms with Crippen LogP contribution in [-0.2, 0) is 9.59 Å². The van der Waals surface area contributed by atoms with Crippen LogP contribution in [0.4, 0.5) is 5.13 Å². The van der Waals surface area contributed by atoms with Gasteiger partial charge in [0.2, 0.25) is 16.9 Å². The van der Waals surface area contributed by atoms with E-state index in [1.807, 2.05) is 4.90 Å². The zero-order valence-electron chi connectivity index (χ0n) is 13.8. The number of fused-ring (bicyclic) bond motifs is 2. The maximum Gasteiger partial charge on any atom is 0.231 e. The number of nitrogens with one attached hydrogen (secondary N) is 1. The Morgan fingerprint density at radius 1 is 1.29 bits per heavy atom. The number of carbonyl (C=O) groups excluding carboxylic acids is 2. The van der Waals surface area contributed by atoms with Gasteiger partial charge in [-0.2, -0.15) is 0 Å². The summed E-state index contributed by atoms with van der Waals surface area (Å²) >= 11 is 1.32. The summed E-state index contributed by atoms with van der Waals surface area (Å²) in [7, 11) is 0. The number of anilines is 1. The highest BCUT2D eigenvalue weighted by Gasteiger charge is 2.41. The van der Waals surface area contributed by atoms with Crippen LogP contribution in [0.2, 0.25) is 0 Å². The molecule has 4 rings (SSSR count). The molecule has 1 aromatic heterocycles. The number of hydrogen-bond acceptors (Lipinski definition) is 5. The Hall–Kier alpha value is -1.50. The molecular formula is C17H24N4O2S. The first kappa shape index (κ1) is 16.0. The van der Waals surface area contributed by atoms with Gasteiger partial charge in [-0.25, -0.2) is 0 Å². The SMILES string of the molecule is O=C(Nc1nncs1)[C@H]1CCCN(C(=O)C[C@H]2C[C@H]3CC[C@H]2C3)C1. The predicted molar refractivity (Wildman–Crippen MR) is 91.4 cm³/mol. The van der Waals surface area contributed by atoms with Gasteiger partial charge >= 0.3 is 0 Å². The summed E-state index contributed by atoms with van der Waals surface area (Å²) in [6, 6.07) is 0. The molecule has 3 aliphatic rings. The summed E-state index contributed by atoms with van der Waals surface area (Å²) in [5, 5.41) is 10.9. The Balaban J connectivity index is 1.31. The molecule has 4 atom stereocenters. The second-order valence-electron chi connectivity index (χ2n) is 7.55. The van der Waals surface area contributed by atoms with Crippen molar-refractivity contribution in [3.8, 4) is 0 Å². The van der Waals surface area contributed by atoms with E-state index in [1.54, 1.807) is 5.51 Å². The number of piperidine rings is 1. The lowest BCUT2D eigenvalue weighted by molar-refractivity contribution is -0.135. The van der Waals surface area contributed by atoms with E-state index in [4.69, 9.17) is 0 Å². The normalized spacial score (nSPS) is 32.1. The lowest BCUT2D eigenvalue weighted by Gasteiger charge is -2.33. The molecule has 24 heavy (non-hydrogen) atoms. The van der Waals surface area contributed by atoms with E-state index in [0.29, 0.717) is 24.0 Å². The lowest BCUT2D eigenvalue weighted by Crippen LogP contribution is -2.44. The van der Waals surface area contributed by atoms with Crippen molar-refractivity contribution in [3.63, 3.8) is 0 Å². The fourth-order valence-corrected chi connectivity index (χ4v) is 5.28. The Bertz CT molecular complexity index is 606. The summed E-state index contributed by atoms with van der Waals surface area (Å²) in [4.78, 5) is 27.0. The molecule has 0 aromatic carbocycles. The van der Waals surface area contributed by atoms with Gasteiger partial charge in [-0.3, -0.25) is 9.59 Å². The van der Waals surface area contributed by atoms with Crippen molar-refractivity contribution < 1.29 is 9.59 Å². The van der Waals surface area contributed by atoms with Gasteiger partial charge in [-0.1, -0.05) is 17.8 Å². The third-order valence-electron chi connectivity index (χ3n) is 6.06. The van der Waals surface area contributed by atoms with Gasteiger partial charge in [0.15, 0.2) is 0 Å². The number of rotatable bonds is 4. The maximum absolute atomic E-state index is 12.7. The first-order valence-corrected chi connectivity index (χ1v) is 9.92. The first-order chi connectivity index (χ1) is 11.7. The molecule has 2 heterocycles. The second kappa shape index (κ2) is 6.78. The Labute approximate surface area is 146 Å². The quantitative estimate of drug-likeness (QED) is 0.907. The van der Waals surface area contributed by atoms with Gasteiger partial charge in [0.25, 0.3) is 0 Å². The first-order valence-electron chi connectivity index (χ1n) is 9.04. The molecule has 7 heteroatoms. The van der Waals surface area contributed by atoms with Crippen LogP contribution >= 0.6 is 11.3 Å². The molecule has 6 nitrogen and oxygen atoms in total. The van der Waals surface area contributed by atoms with E-state index < -0.39 is 0 Å². The average molecular weight is 348 g/mol. The number of carbonyl (C=O) groups is 2. The van der Waals surface area contributed by atoms with E-state index in [1.165, 1.54) is 37.0 Å². The van der Waals surface area contributed by atoms with Gasteiger partial charge in [-0.05, 0) is 49.9 Å².